The average Bonchev–Trinajstić information content (AvgIpc) is 3.62. The summed E-state index contributed by atoms with van der Waals surface area (Å²) in [7, 11) is 0. The smallest absolute Gasteiger partial charge is 0.133 e. The Hall–Kier alpha value is -5.83. The van der Waals surface area contributed by atoms with Crippen LogP contribution in [0.5, 0.6) is 11.5 Å². The number of pyridine rings is 1. The molecule has 0 radical (unpaired) electrons. The minimum atomic E-state index is -0.534. The second kappa shape index (κ2) is 11.4. The monoisotopic (exact) mass is 823 g/mol. The van der Waals surface area contributed by atoms with Crippen molar-refractivity contribution in [3.05, 3.63) is 180 Å². The van der Waals surface area contributed by atoms with Crippen LogP contribution in [0.1, 0.15) is 27.9 Å². The molecule has 2 aliphatic carbocycles. The van der Waals surface area contributed by atoms with Crippen LogP contribution in [0.25, 0.3) is 55.1 Å². The first-order valence-electron chi connectivity index (χ1n) is 16.5. The Balaban J connectivity index is 0.00000336. The van der Waals surface area contributed by atoms with Crippen molar-refractivity contribution in [2.24, 2.45) is 4.99 Å². The number of aromatic nitrogens is 1. The van der Waals surface area contributed by atoms with Crippen molar-refractivity contribution in [2.45, 2.75) is 5.41 Å². The van der Waals surface area contributed by atoms with E-state index in [0.717, 1.165) is 32.8 Å². The third kappa shape index (κ3) is 4.09. The standard InChI is InChI=1S/C45H28N2O2.Pt/c48-41-22-10-13-27-12-9-21-38(42(27)41)46-26-40-29-14-2-1-11-28(29)25-39(47-40)33-23-24-37-43(44(33)49)32-17-5-8-20-36(32)45(37)34-18-6-3-15-30(34)31-16-4-7-19-35(31)45;/h1-26,48-49H;. The van der Waals surface area contributed by atoms with Crippen molar-refractivity contribution in [3.8, 4) is 45.0 Å². The van der Waals surface area contributed by atoms with Crippen LogP contribution in [-0.2, 0) is 26.5 Å². The Kier molecular flexibility index (Phi) is 6.88. The van der Waals surface area contributed by atoms with E-state index in [1.54, 1.807) is 12.3 Å². The maximum absolute atomic E-state index is 12.4. The van der Waals surface area contributed by atoms with E-state index in [2.05, 4.69) is 84.9 Å². The Morgan fingerprint density at radius 1 is 0.540 bits per heavy atom. The molecule has 50 heavy (non-hydrogen) atoms. The molecule has 10 rings (SSSR count). The predicted molar refractivity (Wildman–Crippen MR) is 198 cm³/mol. The second-order valence-electron chi connectivity index (χ2n) is 12.8. The molecule has 5 heteroatoms. The number of nitrogens with zero attached hydrogens (tertiary/aromatic N) is 2. The summed E-state index contributed by atoms with van der Waals surface area (Å²) < 4.78 is 0. The van der Waals surface area contributed by atoms with E-state index in [1.807, 2.05) is 60.7 Å². The molecule has 0 unspecified atom stereocenters. The summed E-state index contributed by atoms with van der Waals surface area (Å²) in [5, 5.41) is 26.6. The van der Waals surface area contributed by atoms with Crippen LogP contribution in [0.15, 0.2) is 157 Å². The molecule has 2 aliphatic rings. The number of hydrogen-bond acceptors (Lipinski definition) is 4. The number of fused-ring (bicyclic) bond motifs is 12. The van der Waals surface area contributed by atoms with Crippen LogP contribution in [0, 0.1) is 0 Å². The fraction of sp³-hybridized carbons (Fsp3) is 0.0222. The van der Waals surface area contributed by atoms with E-state index >= 15 is 0 Å². The molecule has 7 aromatic carbocycles. The van der Waals surface area contributed by atoms with E-state index < -0.39 is 5.41 Å². The van der Waals surface area contributed by atoms with Crippen LogP contribution >= 0.6 is 0 Å². The van der Waals surface area contributed by atoms with Gasteiger partial charge in [-0.05, 0) is 74.0 Å². The fourth-order valence-electron chi connectivity index (χ4n) is 8.37. The number of aliphatic imine (C=N–C) groups is 1. The summed E-state index contributed by atoms with van der Waals surface area (Å²) >= 11 is 0. The molecule has 0 saturated carbocycles. The summed E-state index contributed by atoms with van der Waals surface area (Å²) in [4.78, 5) is 9.96. The third-order valence-corrected chi connectivity index (χ3v) is 10.4. The Bertz CT molecular complexity index is 2660. The summed E-state index contributed by atoms with van der Waals surface area (Å²) in [6.07, 6.45) is 1.76. The minimum absolute atomic E-state index is 0. The molecule has 0 aliphatic heterocycles. The van der Waals surface area contributed by atoms with Crippen molar-refractivity contribution >= 4 is 33.4 Å². The minimum Gasteiger partial charge on any atom is -0.507 e. The number of rotatable bonds is 3. The summed E-state index contributed by atoms with van der Waals surface area (Å²) in [6.45, 7) is 0. The second-order valence-corrected chi connectivity index (χ2v) is 12.8. The van der Waals surface area contributed by atoms with E-state index in [4.69, 9.17) is 9.98 Å². The molecule has 8 aromatic rings. The van der Waals surface area contributed by atoms with E-state index in [9.17, 15) is 10.2 Å². The van der Waals surface area contributed by atoms with Crippen molar-refractivity contribution in [1.82, 2.24) is 4.98 Å². The molecule has 4 nitrogen and oxygen atoms in total. The zero-order chi connectivity index (χ0) is 32.7. The van der Waals surface area contributed by atoms with Crippen LogP contribution in [-0.4, -0.2) is 21.4 Å². The van der Waals surface area contributed by atoms with Crippen molar-refractivity contribution in [2.75, 3.05) is 0 Å². The maximum Gasteiger partial charge on any atom is 0.133 e. The van der Waals surface area contributed by atoms with E-state index in [-0.39, 0.29) is 32.6 Å². The van der Waals surface area contributed by atoms with Gasteiger partial charge >= 0.3 is 0 Å². The number of phenolic OH excluding ortho intramolecular Hbond substituents is 2. The molecule has 240 valence electrons. The molecule has 0 bridgehead atoms. The zero-order valence-corrected chi connectivity index (χ0v) is 28.9. The molecule has 1 heterocycles. The van der Waals surface area contributed by atoms with Gasteiger partial charge in [0.25, 0.3) is 0 Å². The Labute approximate surface area is 303 Å². The normalized spacial score (nSPS) is 13.3. The number of benzene rings is 7. The zero-order valence-electron chi connectivity index (χ0n) is 26.6. The molecule has 2 N–H and O–H groups in total. The van der Waals surface area contributed by atoms with Gasteiger partial charge in [0.1, 0.15) is 11.5 Å². The number of aromatic hydroxyl groups is 2. The van der Waals surface area contributed by atoms with Gasteiger partial charge in [-0.25, -0.2) is 4.98 Å². The molecule has 0 saturated heterocycles. The van der Waals surface area contributed by atoms with Gasteiger partial charge in [0.2, 0.25) is 0 Å². The van der Waals surface area contributed by atoms with Crippen LogP contribution < -0.4 is 0 Å². The third-order valence-electron chi connectivity index (χ3n) is 10.4. The van der Waals surface area contributed by atoms with Gasteiger partial charge < -0.3 is 10.2 Å². The van der Waals surface area contributed by atoms with Gasteiger partial charge in [-0.15, -0.1) is 0 Å². The van der Waals surface area contributed by atoms with E-state index in [1.165, 1.54) is 27.8 Å². The first-order chi connectivity index (χ1) is 24.1. The molecule has 0 atom stereocenters. The Morgan fingerprint density at radius 3 is 1.88 bits per heavy atom. The van der Waals surface area contributed by atoms with Crippen LogP contribution in [0.2, 0.25) is 0 Å². The maximum atomic E-state index is 12.4. The predicted octanol–water partition coefficient (Wildman–Crippen LogP) is 10.6. The molecule has 1 aromatic heterocycles. The molecular formula is C45H28N2O2Pt. The quantitative estimate of drug-likeness (QED) is 0.175. The van der Waals surface area contributed by atoms with Crippen molar-refractivity contribution in [1.29, 1.82) is 0 Å². The summed E-state index contributed by atoms with van der Waals surface area (Å²) in [5.41, 5.74) is 11.2. The van der Waals surface area contributed by atoms with Crippen LogP contribution in [0.4, 0.5) is 5.69 Å². The van der Waals surface area contributed by atoms with Gasteiger partial charge in [-0.1, -0.05) is 127 Å². The molecule has 0 amide bonds. The Morgan fingerprint density at radius 2 is 1.14 bits per heavy atom. The number of phenols is 2. The van der Waals surface area contributed by atoms with Crippen LogP contribution in [0.3, 0.4) is 0 Å². The van der Waals surface area contributed by atoms with Gasteiger partial charge in [-0.2, -0.15) is 0 Å². The summed E-state index contributed by atoms with van der Waals surface area (Å²) in [6, 6.07) is 51.4. The van der Waals surface area contributed by atoms with E-state index in [0.29, 0.717) is 28.0 Å². The largest absolute Gasteiger partial charge is 0.507 e. The topological polar surface area (TPSA) is 65.7 Å². The molecule has 1 spiro atoms. The van der Waals surface area contributed by atoms with Crippen molar-refractivity contribution in [3.63, 3.8) is 0 Å². The fourth-order valence-corrected chi connectivity index (χ4v) is 8.37. The molecule has 0 fully saturated rings. The first-order valence-corrected chi connectivity index (χ1v) is 16.5. The van der Waals surface area contributed by atoms with Crippen molar-refractivity contribution < 1.29 is 31.3 Å². The number of hydrogen-bond donors (Lipinski definition) is 2. The summed E-state index contributed by atoms with van der Waals surface area (Å²) in [5.74, 6) is 0.402. The van der Waals surface area contributed by atoms with Gasteiger partial charge in [0, 0.05) is 43.0 Å². The van der Waals surface area contributed by atoms with Gasteiger partial charge in [0.15, 0.2) is 0 Å². The average molecular weight is 824 g/mol. The first kappa shape index (κ1) is 30.2. The molecular weight excluding hydrogens is 796 g/mol. The van der Waals surface area contributed by atoms with Gasteiger partial charge in [0.05, 0.1) is 28.7 Å². The van der Waals surface area contributed by atoms with Gasteiger partial charge in [-0.3, -0.25) is 4.99 Å². The SMILES string of the molecule is Oc1c(-c2cc3ccccc3c(C=Nc3cccc4cccc(O)c34)n2)ccc2c1-c1ccccc1C21c2ccccc2-c2ccccc21.[Pt].